The summed E-state index contributed by atoms with van der Waals surface area (Å²) in [5.41, 5.74) is 0. The van der Waals surface area contributed by atoms with Crippen molar-refractivity contribution in [2.75, 3.05) is 6.26 Å². The van der Waals surface area contributed by atoms with Gasteiger partial charge in [0.1, 0.15) is 0 Å². The van der Waals surface area contributed by atoms with Crippen LogP contribution in [0.3, 0.4) is 0 Å². The van der Waals surface area contributed by atoms with Crippen LogP contribution in [-0.2, 0) is 19.1 Å². The first-order valence-corrected chi connectivity index (χ1v) is 4.90. The Labute approximate surface area is 70.8 Å². The van der Waals surface area contributed by atoms with E-state index in [1.54, 1.807) is 0 Å². The average Bonchev–Trinajstić information content (AvgIpc) is 1.83. The van der Waals surface area contributed by atoms with Gasteiger partial charge in [-0.05, 0) is 0 Å². The molecule has 12 heavy (non-hydrogen) atoms. The monoisotopic (exact) mass is 194 g/mol. The van der Waals surface area contributed by atoms with Crippen molar-refractivity contribution in [3.63, 3.8) is 0 Å². The summed E-state index contributed by atoms with van der Waals surface area (Å²) in [4.78, 5) is 10.3. The van der Waals surface area contributed by atoms with Crippen LogP contribution < -0.4 is 0 Å². The van der Waals surface area contributed by atoms with E-state index in [9.17, 15) is 13.2 Å². The van der Waals surface area contributed by atoms with Crippen molar-refractivity contribution in [3.8, 4) is 0 Å². The fourth-order valence-corrected chi connectivity index (χ4v) is 1.13. The first kappa shape index (κ1) is 11.1. The number of hydrogen-bond acceptors (Lipinski definition) is 4. The molecule has 0 radical (unpaired) electrons. The normalized spacial score (nSPS) is 13.8. The van der Waals surface area contributed by atoms with Gasteiger partial charge in [-0.2, -0.15) is 8.42 Å². The fourth-order valence-electron chi connectivity index (χ4n) is 0.544. The van der Waals surface area contributed by atoms with Gasteiger partial charge < -0.3 is 5.11 Å². The van der Waals surface area contributed by atoms with Gasteiger partial charge in [0.25, 0.3) is 10.1 Å². The third-order valence-electron chi connectivity index (χ3n) is 0.947. The van der Waals surface area contributed by atoms with E-state index in [0.29, 0.717) is 0 Å². The maximum Gasteiger partial charge on any atom is 0.334 e. The van der Waals surface area contributed by atoms with Crippen LogP contribution in [0.15, 0.2) is 12.7 Å². The molecular formula is C6H10O5S. The Bertz CT molecular complexity index is 266. The van der Waals surface area contributed by atoms with Crippen molar-refractivity contribution in [1.29, 1.82) is 0 Å². The maximum atomic E-state index is 10.5. The van der Waals surface area contributed by atoms with Gasteiger partial charge in [0.2, 0.25) is 0 Å². The highest BCUT2D eigenvalue weighted by Gasteiger charge is 2.21. The van der Waals surface area contributed by atoms with Crippen LogP contribution in [0.4, 0.5) is 0 Å². The maximum absolute atomic E-state index is 10.5. The number of carbonyl (C=O) groups is 1. The molecule has 0 aliphatic heterocycles. The van der Waals surface area contributed by atoms with Crippen LogP contribution in [0.5, 0.6) is 0 Å². The van der Waals surface area contributed by atoms with Crippen LogP contribution in [0.25, 0.3) is 0 Å². The number of carboxylic acids is 1. The first-order chi connectivity index (χ1) is 5.37. The zero-order valence-corrected chi connectivity index (χ0v) is 7.37. The molecule has 0 aliphatic carbocycles. The van der Waals surface area contributed by atoms with Gasteiger partial charge in [-0.25, -0.2) is 4.79 Å². The lowest BCUT2D eigenvalue weighted by atomic mass is 10.2. The fraction of sp³-hybridized carbons (Fsp3) is 0.500. The summed E-state index contributed by atoms with van der Waals surface area (Å²) >= 11 is 0. The minimum absolute atomic E-state index is 0.0393. The molecule has 6 heteroatoms. The lowest BCUT2D eigenvalue weighted by molar-refractivity contribution is -0.144. The Hall–Kier alpha value is -0.880. The van der Waals surface area contributed by atoms with E-state index in [4.69, 9.17) is 5.11 Å². The van der Waals surface area contributed by atoms with Crippen LogP contribution in [0.2, 0.25) is 0 Å². The molecule has 5 nitrogen and oxygen atoms in total. The van der Waals surface area contributed by atoms with E-state index in [1.807, 2.05) is 0 Å². The highest BCUT2D eigenvalue weighted by Crippen LogP contribution is 2.03. The Morgan fingerprint density at radius 2 is 2.25 bits per heavy atom. The zero-order chi connectivity index (χ0) is 9.78. The topological polar surface area (TPSA) is 80.7 Å². The van der Waals surface area contributed by atoms with Crippen molar-refractivity contribution >= 4 is 16.1 Å². The molecule has 0 rings (SSSR count). The highest BCUT2D eigenvalue weighted by atomic mass is 32.2. The Morgan fingerprint density at radius 1 is 1.75 bits per heavy atom. The summed E-state index contributed by atoms with van der Waals surface area (Å²) in [5.74, 6) is -1.32. The molecular weight excluding hydrogens is 184 g/mol. The van der Waals surface area contributed by atoms with E-state index in [-0.39, 0.29) is 6.42 Å². The SMILES string of the molecule is C=CCC(OS(C)(=O)=O)C(=O)O. The minimum Gasteiger partial charge on any atom is -0.479 e. The third-order valence-corrected chi connectivity index (χ3v) is 1.53. The predicted octanol–water partition coefficient (Wildman–Crippen LogP) is -0.00810. The van der Waals surface area contributed by atoms with Gasteiger partial charge >= 0.3 is 5.97 Å². The van der Waals surface area contributed by atoms with E-state index >= 15 is 0 Å². The Kier molecular flexibility index (Phi) is 3.91. The second-order valence-corrected chi connectivity index (χ2v) is 3.75. The van der Waals surface area contributed by atoms with Gasteiger partial charge in [-0.15, -0.1) is 6.58 Å². The molecule has 0 spiro atoms. The molecule has 1 atom stereocenters. The smallest absolute Gasteiger partial charge is 0.334 e. The molecule has 70 valence electrons. The van der Waals surface area contributed by atoms with Crippen LogP contribution in [0.1, 0.15) is 6.42 Å². The van der Waals surface area contributed by atoms with Gasteiger partial charge in [0.05, 0.1) is 6.26 Å². The van der Waals surface area contributed by atoms with Crippen molar-refractivity contribution in [2.45, 2.75) is 12.5 Å². The van der Waals surface area contributed by atoms with E-state index < -0.39 is 22.2 Å². The molecule has 0 amide bonds. The lowest BCUT2D eigenvalue weighted by Crippen LogP contribution is -2.25. The predicted molar refractivity (Wildman–Crippen MR) is 42.2 cm³/mol. The average molecular weight is 194 g/mol. The van der Waals surface area contributed by atoms with E-state index in [1.165, 1.54) is 6.08 Å². The minimum atomic E-state index is -3.72. The largest absolute Gasteiger partial charge is 0.479 e. The standard InChI is InChI=1S/C6H10O5S/c1-3-4-5(6(7)8)11-12(2,9)10/h3,5H,1,4H2,2H3,(H,7,8). The quantitative estimate of drug-likeness (QED) is 0.492. The summed E-state index contributed by atoms with van der Waals surface area (Å²) < 4.78 is 25.2. The summed E-state index contributed by atoms with van der Waals surface area (Å²) in [6, 6.07) is 0. The van der Waals surface area contributed by atoms with Gasteiger partial charge in [-0.3, -0.25) is 4.18 Å². The molecule has 0 aromatic rings. The molecule has 0 bridgehead atoms. The number of rotatable bonds is 5. The van der Waals surface area contributed by atoms with Crippen molar-refractivity contribution in [1.82, 2.24) is 0 Å². The molecule has 0 saturated heterocycles. The van der Waals surface area contributed by atoms with Gasteiger partial charge in [0, 0.05) is 6.42 Å². The molecule has 0 aromatic heterocycles. The molecule has 0 fully saturated rings. The third kappa shape index (κ3) is 4.86. The van der Waals surface area contributed by atoms with Crippen molar-refractivity contribution in [3.05, 3.63) is 12.7 Å². The van der Waals surface area contributed by atoms with Gasteiger partial charge in [0.15, 0.2) is 6.10 Å². The van der Waals surface area contributed by atoms with Crippen LogP contribution >= 0.6 is 0 Å². The van der Waals surface area contributed by atoms with Gasteiger partial charge in [-0.1, -0.05) is 6.08 Å². The second kappa shape index (κ2) is 4.22. The number of hydrogen-bond donors (Lipinski definition) is 1. The number of carboxylic acid groups (broad SMARTS) is 1. The molecule has 0 aliphatic rings. The van der Waals surface area contributed by atoms with Crippen molar-refractivity contribution < 1.29 is 22.5 Å². The second-order valence-electron chi connectivity index (χ2n) is 2.15. The molecule has 0 aromatic carbocycles. The first-order valence-electron chi connectivity index (χ1n) is 3.09. The Morgan fingerprint density at radius 3 is 2.50 bits per heavy atom. The summed E-state index contributed by atoms with van der Waals surface area (Å²) in [6.07, 6.45) is 0.677. The summed E-state index contributed by atoms with van der Waals surface area (Å²) in [6.45, 7) is 3.27. The lowest BCUT2D eigenvalue weighted by Gasteiger charge is -2.08. The molecule has 0 heterocycles. The molecule has 1 N–H and O–H groups in total. The zero-order valence-electron chi connectivity index (χ0n) is 6.56. The summed E-state index contributed by atoms with van der Waals surface area (Å²) in [7, 11) is -3.72. The van der Waals surface area contributed by atoms with Crippen LogP contribution in [0, 0.1) is 0 Å². The summed E-state index contributed by atoms with van der Waals surface area (Å²) in [5, 5.41) is 8.43. The van der Waals surface area contributed by atoms with E-state index in [0.717, 1.165) is 6.26 Å². The van der Waals surface area contributed by atoms with E-state index in [2.05, 4.69) is 10.8 Å². The Balaban J connectivity index is 4.34. The van der Waals surface area contributed by atoms with Crippen LogP contribution in [-0.4, -0.2) is 31.9 Å². The molecule has 0 saturated carbocycles. The molecule has 1 unspecified atom stereocenters. The number of aliphatic carboxylic acids is 1. The van der Waals surface area contributed by atoms with Crippen molar-refractivity contribution in [2.24, 2.45) is 0 Å². The highest BCUT2D eigenvalue weighted by molar-refractivity contribution is 7.86.